The average molecular weight is 342 g/mol. The van der Waals surface area contributed by atoms with Crippen molar-refractivity contribution in [2.75, 3.05) is 0 Å². The van der Waals surface area contributed by atoms with Crippen LogP contribution in [0.15, 0.2) is 60.0 Å². The highest BCUT2D eigenvalue weighted by Gasteiger charge is 2.13. The fraction of sp³-hybridized carbons (Fsp3) is 0.0909. The lowest BCUT2D eigenvalue weighted by Gasteiger charge is -1.99. The van der Waals surface area contributed by atoms with Gasteiger partial charge in [-0.1, -0.05) is 23.3 Å². The monoisotopic (exact) mass is 342 g/mol. The molecule has 0 saturated carbocycles. The smallest absolute Gasteiger partial charge is 0.0598 e. The number of fused-ring (bicyclic) bond motifs is 2. The van der Waals surface area contributed by atoms with Crippen molar-refractivity contribution in [2.45, 2.75) is 13.8 Å². The first-order valence-corrected chi connectivity index (χ1v) is 9.32. The number of aromatic amines is 2. The summed E-state index contributed by atoms with van der Waals surface area (Å²) in [6.45, 7) is 4.27. The van der Waals surface area contributed by atoms with E-state index in [1.54, 1.807) is 11.3 Å². The summed E-state index contributed by atoms with van der Waals surface area (Å²) in [5, 5.41) is 4.69. The van der Waals surface area contributed by atoms with Crippen LogP contribution in [0.1, 0.15) is 11.1 Å². The van der Waals surface area contributed by atoms with Gasteiger partial charge in [-0.25, -0.2) is 0 Å². The largest absolute Gasteiger partial charge is 0.354 e. The Labute approximate surface area is 150 Å². The van der Waals surface area contributed by atoms with Gasteiger partial charge in [0.25, 0.3) is 0 Å². The Morgan fingerprint density at radius 2 is 1.28 bits per heavy atom. The third-order valence-electron chi connectivity index (χ3n) is 4.75. The van der Waals surface area contributed by atoms with Crippen LogP contribution in [0, 0.1) is 13.8 Å². The minimum Gasteiger partial charge on any atom is -0.354 e. The molecule has 0 unspecified atom stereocenters. The summed E-state index contributed by atoms with van der Waals surface area (Å²) in [4.78, 5) is 8.42. The molecular formula is C22H18N2S. The Balaban J connectivity index is 1.67. The Hall–Kier alpha value is -2.78. The van der Waals surface area contributed by atoms with Gasteiger partial charge in [-0.3, -0.25) is 0 Å². The van der Waals surface area contributed by atoms with Gasteiger partial charge in [0.1, 0.15) is 0 Å². The van der Waals surface area contributed by atoms with Gasteiger partial charge >= 0.3 is 0 Å². The molecule has 25 heavy (non-hydrogen) atoms. The van der Waals surface area contributed by atoms with E-state index in [0.717, 1.165) is 0 Å². The van der Waals surface area contributed by atoms with Gasteiger partial charge < -0.3 is 9.97 Å². The van der Waals surface area contributed by atoms with E-state index in [9.17, 15) is 0 Å². The third kappa shape index (κ3) is 2.39. The number of rotatable bonds is 2. The van der Waals surface area contributed by atoms with E-state index in [4.69, 9.17) is 0 Å². The minimum absolute atomic E-state index is 1.17. The summed E-state index contributed by atoms with van der Waals surface area (Å²) in [7, 11) is 0. The highest BCUT2D eigenvalue weighted by molar-refractivity contribution is 7.14. The number of hydrogen-bond donors (Lipinski definition) is 2. The number of H-pyrrole nitrogens is 2. The fourth-order valence-electron chi connectivity index (χ4n) is 3.50. The standard InChI is InChI=1S/C22H18N2S/c1-13-3-5-18-15(9-13)11-20(23-18)17-7-8-25-22(17)21-12-16-10-14(2)4-6-19(16)24-21/h3-12,23-24H,1-2H3. The zero-order valence-electron chi connectivity index (χ0n) is 14.2. The molecule has 0 bridgehead atoms. The Morgan fingerprint density at radius 1 is 0.680 bits per heavy atom. The molecule has 0 atom stereocenters. The zero-order chi connectivity index (χ0) is 17.0. The molecule has 5 rings (SSSR count). The van der Waals surface area contributed by atoms with Crippen LogP contribution in [-0.2, 0) is 0 Å². The van der Waals surface area contributed by atoms with Crippen LogP contribution in [0.25, 0.3) is 43.6 Å². The predicted molar refractivity (Wildman–Crippen MR) is 108 cm³/mol. The molecule has 0 aliphatic rings. The van der Waals surface area contributed by atoms with Crippen molar-refractivity contribution in [2.24, 2.45) is 0 Å². The maximum absolute atomic E-state index is 3.57. The van der Waals surface area contributed by atoms with E-state index in [-0.39, 0.29) is 0 Å². The minimum atomic E-state index is 1.17. The van der Waals surface area contributed by atoms with E-state index in [1.165, 1.54) is 54.8 Å². The van der Waals surface area contributed by atoms with Crippen molar-refractivity contribution in [1.29, 1.82) is 0 Å². The number of hydrogen-bond acceptors (Lipinski definition) is 1. The van der Waals surface area contributed by atoms with Crippen molar-refractivity contribution in [3.05, 3.63) is 71.1 Å². The molecule has 0 saturated heterocycles. The van der Waals surface area contributed by atoms with Crippen LogP contribution in [0.5, 0.6) is 0 Å². The van der Waals surface area contributed by atoms with Gasteiger partial charge in [-0.05, 0) is 61.7 Å². The van der Waals surface area contributed by atoms with Gasteiger partial charge in [-0.15, -0.1) is 11.3 Å². The molecule has 0 aliphatic heterocycles. The summed E-state index contributed by atoms with van der Waals surface area (Å²) in [5.41, 5.74) is 8.55. The van der Waals surface area contributed by atoms with Crippen molar-refractivity contribution < 1.29 is 0 Å². The molecule has 122 valence electrons. The lowest BCUT2D eigenvalue weighted by atomic mass is 10.1. The molecule has 5 aromatic rings. The summed E-state index contributed by atoms with van der Waals surface area (Å²) in [6, 6.07) is 19.8. The second-order valence-corrected chi connectivity index (χ2v) is 7.63. The fourth-order valence-corrected chi connectivity index (χ4v) is 4.38. The van der Waals surface area contributed by atoms with Crippen LogP contribution < -0.4 is 0 Å². The normalized spacial score (nSPS) is 11.6. The molecule has 0 amide bonds. The maximum atomic E-state index is 3.57. The quantitative estimate of drug-likeness (QED) is 0.359. The number of benzene rings is 2. The molecule has 0 fully saturated rings. The average Bonchev–Trinajstić information content (AvgIpc) is 3.30. The lowest BCUT2D eigenvalue weighted by molar-refractivity contribution is 1.43. The lowest BCUT2D eigenvalue weighted by Crippen LogP contribution is -1.78. The van der Waals surface area contributed by atoms with E-state index in [0.29, 0.717) is 0 Å². The Bertz CT molecular complexity index is 1130. The van der Waals surface area contributed by atoms with Gasteiger partial charge in [0.2, 0.25) is 0 Å². The van der Waals surface area contributed by atoms with Gasteiger partial charge in [0.15, 0.2) is 0 Å². The molecule has 2 aromatic carbocycles. The van der Waals surface area contributed by atoms with Crippen molar-refractivity contribution in [1.82, 2.24) is 9.97 Å². The molecular weight excluding hydrogens is 324 g/mol. The van der Waals surface area contributed by atoms with E-state index in [1.807, 2.05) is 0 Å². The molecule has 3 heteroatoms. The first-order valence-electron chi connectivity index (χ1n) is 8.44. The molecule has 2 nitrogen and oxygen atoms in total. The van der Waals surface area contributed by atoms with Crippen molar-refractivity contribution in [3.8, 4) is 21.8 Å². The zero-order valence-corrected chi connectivity index (χ0v) is 15.0. The Kier molecular flexibility index (Phi) is 3.12. The molecule has 0 aliphatic carbocycles. The van der Waals surface area contributed by atoms with Gasteiger partial charge in [0, 0.05) is 33.1 Å². The first kappa shape index (κ1) is 14.6. The summed E-state index contributed by atoms with van der Waals surface area (Å²) in [5.74, 6) is 0. The van der Waals surface area contributed by atoms with E-state index < -0.39 is 0 Å². The highest BCUT2D eigenvalue weighted by atomic mass is 32.1. The maximum Gasteiger partial charge on any atom is 0.0598 e. The SMILES string of the molecule is Cc1ccc2[nH]c(-c3ccsc3-c3cc4cc(C)ccc4[nH]3)cc2c1. The third-order valence-corrected chi connectivity index (χ3v) is 5.70. The van der Waals surface area contributed by atoms with Gasteiger partial charge in [0.05, 0.1) is 10.6 Å². The number of thiophene rings is 1. The van der Waals surface area contributed by atoms with E-state index >= 15 is 0 Å². The number of aromatic nitrogens is 2. The van der Waals surface area contributed by atoms with Crippen LogP contribution >= 0.6 is 11.3 Å². The second-order valence-electron chi connectivity index (χ2n) is 6.71. The molecule has 0 spiro atoms. The van der Waals surface area contributed by atoms with Crippen molar-refractivity contribution in [3.63, 3.8) is 0 Å². The van der Waals surface area contributed by atoms with Crippen molar-refractivity contribution >= 4 is 33.1 Å². The molecule has 3 heterocycles. The summed E-state index contributed by atoms with van der Waals surface area (Å²) >= 11 is 1.78. The molecule has 2 N–H and O–H groups in total. The summed E-state index contributed by atoms with van der Waals surface area (Å²) in [6.07, 6.45) is 0. The van der Waals surface area contributed by atoms with Crippen LogP contribution in [0.3, 0.4) is 0 Å². The van der Waals surface area contributed by atoms with E-state index in [2.05, 4.69) is 83.8 Å². The van der Waals surface area contributed by atoms with Crippen LogP contribution in [0.4, 0.5) is 0 Å². The highest BCUT2D eigenvalue weighted by Crippen LogP contribution is 2.38. The summed E-state index contributed by atoms with van der Waals surface area (Å²) < 4.78 is 0. The molecule has 3 aromatic heterocycles. The predicted octanol–water partition coefficient (Wildman–Crippen LogP) is 6.66. The number of aryl methyl sites for hydroxylation is 2. The second kappa shape index (κ2) is 5.36. The Morgan fingerprint density at radius 3 is 1.96 bits per heavy atom. The van der Waals surface area contributed by atoms with Crippen LogP contribution in [-0.4, -0.2) is 9.97 Å². The van der Waals surface area contributed by atoms with Gasteiger partial charge in [-0.2, -0.15) is 0 Å². The van der Waals surface area contributed by atoms with Crippen LogP contribution in [0.2, 0.25) is 0 Å². The molecule has 0 radical (unpaired) electrons. The topological polar surface area (TPSA) is 31.6 Å². The number of nitrogens with one attached hydrogen (secondary N) is 2. The first-order chi connectivity index (χ1) is 12.2.